The third-order valence-corrected chi connectivity index (χ3v) is 6.73. The predicted octanol–water partition coefficient (Wildman–Crippen LogP) is 4.31. The first-order valence-corrected chi connectivity index (χ1v) is 11.9. The van der Waals surface area contributed by atoms with Crippen molar-refractivity contribution < 1.29 is 24.2 Å². The van der Waals surface area contributed by atoms with E-state index in [9.17, 15) is 19.5 Å². The highest BCUT2D eigenvalue weighted by atomic mass is 32.1. The van der Waals surface area contributed by atoms with E-state index in [2.05, 4.69) is 22.5 Å². The topological polar surface area (TPSA) is 105 Å². The predicted molar refractivity (Wildman–Crippen MR) is 133 cm³/mol. The van der Waals surface area contributed by atoms with Crippen molar-refractivity contribution in [2.75, 3.05) is 6.61 Å². The summed E-state index contributed by atoms with van der Waals surface area (Å²) >= 11 is 1.27. The van der Waals surface area contributed by atoms with Crippen LogP contribution in [-0.4, -0.2) is 35.7 Å². The minimum Gasteiger partial charge on any atom is -0.480 e. The molecule has 0 radical (unpaired) electrons. The summed E-state index contributed by atoms with van der Waals surface area (Å²) in [4.78, 5) is 37.8. The van der Waals surface area contributed by atoms with Crippen LogP contribution in [0.4, 0.5) is 4.79 Å². The Kier molecular flexibility index (Phi) is 7.48. The molecule has 2 atom stereocenters. The molecule has 1 aliphatic carbocycles. The van der Waals surface area contributed by atoms with Gasteiger partial charge in [0.2, 0.25) is 5.91 Å². The lowest BCUT2D eigenvalue weighted by molar-refractivity contribution is -0.141. The van der Waals surface area contributed by atoms with E-state index in [-0.39, 0.29) is 18.9 Å². The van der Waals surface area contributed by atoms with Crippen LogP contribution >= 0.6 is 11.3 Å². The van der Waals surface area contributed by atoms with Crippen LogP contribution in [0.1, 0.15) is 41.3 Å². The van der Waals surface area contributed by atoms with Crippen molar-refractivity contribution in [3.05, 3.63) is 82.0 Å². The maximum absolute atomic E-state index is 13.0. The zero-order chi connectivity index (χ0) is 24.8. The Labute approximate surface area is 207 Å². The molecule has 3 N–H and O–H groups in total. The molecule has 1 aliphatic rings. The number of alkyl carbamates (subject to hydrolysis) is 1. The van der Waals surface area contributed by atoms with Crippen LogP contribution in [-0.2, 0) is 14.3 Å². The zero-order valence-corrected chi connectivity index (χ0v) is 19.8. The molecule has 178 valence electrons. The molecule has 0 spiro atoms. The highest BCUT2D eigenvalue weighted by Gasteiger charge is 2.31. The minimum absolute atomic E-state index is 0.0420. The summed E-state index contributed by atoms with van der Waals surface area (Å²) in [6.07, 6.45) is -0.805. The quantitative estimate of drug-likeness (QED) is 0.410. The highest BCUT2D eigenvalue weighted by molar-refractivity contribution is 7.10. The van der Waals surface area contributed by atoms with Crippen LogP contribution in [0.15, 0.2) is 66.0 Å². The fraction of sp³-hybridized carbons (Fsp3) is 0.222. The lowest BCUT2D eigenvalue weighted by atomic mass is 9.98. The highest BCUT2D eigenvalue weighted by Crippen LogP contribution is 2.44. The number of amides is 2. The van der Waals surface area contributed by atoms with E-state index >= 15 is 0 Å². The molecule has 2 aromatic carbocycles. The van der Waals surface area contributed by atoms with Crippen molar-refractivity contribution in [1.82, 2.24) is 10.6 Å². The van der Waals surface area contributed by atoms with E-state index in [1.165, 1.54) is 11.3 Å². The number of benzene rings is 2. The van der Waals surface area contributed by atoms with Crippen molar-refractivity contribution in [3.8, 4) is 23.0 Å². The second-order valence-corrected chi connectivity index (χ2v) is 8.93. The number of carbonyl (C=O) groups excluding carboxylic acids is 2. The number of thiophene rings is 1. The summed E-state index contributed by atoms with van der Waals surface area (Å²) in [6.45, 7) is 1.69. The Morgan fingerprint density at radius 2 is 1.66 bits per heavy atom. The van der Waals surface area contributed by atoms with Crippen molar-refractivity contribution in [3.63, 3.8) is 0 Å². The van der Waals surface area contributed by atoms with Gasteiger partial charge < -0.3 is 20.5 Å². The summed E-state index contributed by atoms with van der Waals surface area (Å²) in [5.41, 5.74) is 4.39. The largest absolute Gasteiger partial charge is 0.480 e. The summed E-state index contributed by atoms with van der Waals surface area (Å²) in [7, 11) is 0. The van der Waals surface area contributed by atoms with Crippen LogP contribution in [0.5, 0.6) is 0 Å². The van der Waals surface area contributed by atoms with Crippen LogP contribution < -0.4 is 10.6 Å². The molecule has 7 nitrogen and oxygen atoms in total. The zero-order valence-electron chi connectivity index (χ0n) is 19.0. The molecule has 0 fully saturated rings. The second-order valence-electron chi connectivity index (χ2n) is 7.95. The normalized spacial score (nSPS) is 13.4. The number of carbonyl (C=O) groups is 3. The molecule has 2 amide bonds. The van der Waals surface area contributed by atoms with Crippen LogP contribution in [0, 0.1) is 11.8 Å². The van der Waals surface area contributed by atoms with Gasteiger partial charge in [-0.3, -0.25) is 4.79 Å². The fourth-order valence-corrected chi connectivity index (χ4v) is 4.91. The SMILES string of the molecule is CC#CCC(NC(=O)C(NC(=O)OCC1c2ccccc2-c2ccccc21)c1cccs1)C(=O)O. The number of carboxylic acid groups (broad SMARTS) is 1. The average Bonchev–Trinajstić information content (AvgIpc) is 3.50. The molecule has 2 unspecified atom stereocenters. The number of carboxylic acids is 1. The number of fused-ring (bicyclic) bond motifs is 3. The number of rotatable bonds is 8. The molecular weight excluding hydrogens is 464 g/mol. The first kappa shape index (κ1) is 24.0. The third kappa shape index (κ3) is 5.36. The standard InChI is InChI=1S/C27H24N2O5S/c1-2-3-13-22(26(31)32)28-25(30)24(23-14-8-15-35-23)29-27(33)34-16-21-19-11-6-4-9-17(19)18-10-5-7-12-20(18)21/h4-12,14-15,21-22,24H,13,16H2,1H3,(H,28,30)(H,29,33)(H,31,32). The van der Waals surface area contributed by atoms with Crippen LogP contribution in [0.2, 0.25) is 0 Å². The molecule has 0 bridgehead atoms. The maximum atomic E-state index is 13.0. The van der Waals surface area contributed by atoms with Gasteiger partial charge in [0.1, 0.15) is 18.7 Å². The van der Waals surface area contributed by atoms with E-state index in [0.29, 0.717) is 4.88 Å². The van der Waals surface area contributed by atoms with Gasteiger partial charge in [-0.25, -0.2) is 9.59 Å². The van der Waals surface area contributed by atoms with E-state index in [1.54, 1.807) is 24.4 Å². The number of ether oxygens (including phenoxy) is 1. The molecule has 1 heterocycles. The van der Waals surface area contributed by atoms with Gasteiger partial charge in [-0.05, 0) is 40.6 Å². The fourth-order valence-electron chi connectivity index (χ4n) is 4.14. The smallest absolute Gasteiger partial charge is 0.408 e. The Balaban J connectivity index is 1.46. The molecular formula is C27H24N2O5S. The lowest BCUT2D eigenvalue weighted by Gasteiger charge is -2.20. The van der Waals surface area contributed by atoms with Crippen molar-refractivity contribution in [2.24, 2.45) is 0 Å². The first-order chi connectivity index (χ1) is 17.0. The molecule has 3 aromatic rings. The minimum atomic E-state index is -1.20. The Morgan fingerprint density at radius 1 is 1.00 bits per heavy atom. The Bertz CT molecular complexity index is 1250. The molecule has 35 heavy (non-hydrogen) atoms. The van der Waals surface area contributed by atoms with E-state index < -0.39 is 30.1 Å². The van der Waals surface area contributed by atoms with E-state index in [1.807, 2.05) is 48.5 Å². The second kappa shape index (κ2) is 10.9. The maximum Gasteiger partial charge on any atom is 0.408 e. The Morgan fingerprint density at radius 3 is 2.23 bits per heavy atom. The van der Waals surface area contributed by atoms with E-state index in [4.69, 9.17) is 4.74 Å². The average molecular weight is 489 g/mol. The number of aliphatic carboxylic acids is 1. The molecule has 0 saturated heterocycles. The molecule has 0 aliphatic heterocycles. The number of hydrogen-bond acceptors (Lipinski definition) is 5. The van der Waals surface area contributed by atoms with Gasteiger partial charge in [0.15, 0.2) is 0 Å². The molecule has 0 saturated carbocycles. The van der Waals surface area contributed by atoms with Gasteiger partial charge in [0.05, 0.1) is 0 Å². The lowest BCUT2D eigenvalue weighted by Crippen LogP contribution is -2.47. The Hall–Kier alpha value is -4.09. The number of hydrogen-bond donors (Lipinski definition) is 3. The summed E-state index contributed by atoms with van der Waals surface area (Å²) in [6, 6.07) is 17.2. The molecule has 8 heteroatoms. The summed E-state index contributed by atoms with van der Waals surface area (Å²) in [5.74, 6) is 3.31. The summed E-state index contributed by atoms with van der Waals surface area (Å²) < 4.78 is 5.57. The first-order valence-electron chi connectivity index (χ1n) is 11.1. The van der Waals surface area contributed by atoms with Crippen molar-refractivity contribution >= 4 is 29.3 Å². The van der Waals surface area contributed by atoms with Gasteiger partial charge in [-0.1, -0.05) is 54.6 Å². The van der Waals surface area contributed by atoms with E-state index in [0.717, 1.165) is 22.3 Å². The van der Waals surface area contributed by atoms with Crippen molar-refractivity contribution in [2.45, 2.75) is 31.3 Å². The van der Waals surface area contributed by atoms with Crippen LogP contribution in [0.3, 0.4) is 0 Å². The van der Waals surface area contributed by atoms with Gasteiger partial charge >= 0.3 is 12.1 Å². The molecule has 1 aromatic heterocycles. The third-order valence-electron chi connectivity index (χ3n) is 5.79. The van der Waals surface area contributed by atoms with Crippen LogP contribution in [0.25, 0.3) is 11.1 Å². The van der Waals surface area contributed by atoms with Gasteiger partial charge in [-0.15, -0.1) is 23.2 Å². The van der Waals surface area contributed by atoms with Gasteiger partial charge in [0, 0.05) is 17.2 Å². The van der Waals surface area contributed by atoms with Gasteiger partial charge in [-0.2, -0.15) is 0 Å². The van der Waals surface area contributed by atoms with Crippen molar-refractivity contribution in [1.29, 1.82) is 0 Å². The van der Waals surface area contributed by atoms with Gasteiger partial charge in [0.25, 0.3) is 0 Å². The monoisotopic (exact) mass is 488 g/mol. The summed E-state index contributed by atoms with van der Waals surface area (Å²) in [5, 5.41) is 16.3. The number of nitrogens with one attached hydrogen (secondary N) is 2. The molecule has 4 rings (SSSR count).